The lowest BCUT2D eigenvalue weighted by Gasteiger charge is -2.28. The van der Waals surface area contributed by atoms with Crippen LogP contribution in [0.1, 0.15) is 18.6 Å². The van der Waals surface area contributed by atoms with Gasteiger partial charge in [0.15, 0.2) is 0 Å². The number of thioether (sulfide) groups is 1. The van der Waals surface area contributed by atoms with Crippen molar-refractivity contribution < 1.29 is 9.90 Å². The van der Waals surface area contributed by atoms with Crippen LogP contribution in [-0.4, -0.2) is 23.3 Å². The Hall–Kier alpha value is -1.26. The van der Waals surface area contributed by atoms with Gasteiger partial charge in [-0.25, -0.2) is 0 Å². The number of aliphatic hydroxyl groups is 1. The normalized spacial score (nSPS) is 16.6. The summed E-state index contributed by atoms with van der Waals surface area (Å²) in [6, 6.07) is 5.75. The number of carbonyl (C=O) groups is 1. The predicted octanol–water partition coefficient (Wildman–Crippen LogP) is 2.36. The molecule has 0 bridgehead atoms. The summed E-state index contributed by atoms with van der Waals surface area (Å²) in [5.74, 6) is 0.555. The molecule has 0 aromatic heterocycles. The van der Waals surface area contributed by atoms with Gasteiger partial charge in [0.1, 0.15) is 0 Å². The zero-order valence-electron chi connectivity index (χ0n) is 9.72. The van der Waals surface area contributed by atoms with Crippen LogP contribution < -0.4 is 4.90 Å². The molecule has 3 nitrogen and oxygen atoms in total. The van der Waals surface area contributed by atoms with E-state index in [9.17, 15) is 9.90 Å². The highest BCUT2D eigenvalue weighted by atomic mass is 32.2. The lowest BCUT2D eigenvalue weighted by molar-refractivity contribution is -0.116. The highest BCUT2D eigenvalue weighted by Gasteiger charge is 2.24. The van der Waals surface area contributed by atoms with Crippen molar-refractivity contribution >= 4 is 23.4 Å². The molecule has 0 saturated carbocycles. The number of hydrogen-bond acceptors (Lipinski definition) is 3. The molecule has 0 fully saturated rings. The summed E-state index contributed by atoms with van der Waals surface area (Å²) in [5.41, 5.74) is 1.71. The maximum absolute atomic E-state index is 11.8. The van der Waals surface area contributed by atoms with Crippen LogP contribution in [0.4, 0.5) is 5.69 Å². The Balaban J connectivity index is 2.44. The van der Waals surface area contributed by atoms with Gasteiger partial charge < -0.3 is 10.0 Å². The van der Waals surface area contributed by atoms with Crippen LogP contribution in [-0.2, 0) is 4.79 Å². The van der Waals surface area contributed by atoms with Gasteiger partial charge in [0.25, 0.3) is 0 Å². The molecule has 1 heterocycles. The first-order valence-corrected chi connectivity index (χ1v) is 6.48. The molecule has 0 radical (unpaired) electrons. The minimum Gasteiger partial charge on any atom is -0.389 e. The minimum absolute atomic E-state index is 0.0881. The Morgan fingerprint density at radius 2 is 2.41 bits per heavy atom. The van der Waals surface area contributed by atoms with Crippen molar-refractivity contribution in [1.29, 1.82) is 0 Å². The van der Waals surface area contributed by atoms with E-state index in [1.807, 2.05) is 18.2 Å². The molecule has 17 heavy (non-hydrogen) atoms. The van der Waals surface area contributed by atoms with Gasteiger partial charge in [-0.05, 0) is 24.6 Å². The molecule has 0 aliphatic carbocycles. The number of hydrogen-bond donors (Lipinski definition) is 1. The second-order valence-electron chi connectivity index (χ2n) is 3.98. The monoisotopic (exact) mass is 249 g/mol. The van der Waals surface area contributed by atoms with Crippen molar-refractivity contribution in [3.8, 4) is 0 Å². The van der Waals surface area contributed by atoms with Gasteiger partial charge in [0, 0.05) is 11.4 Å². The predicted molar refractivity (Wildman–Crippen MR) is 70.3 cm³/mol. The van der Waals surface area contributed by atoms with Crippen LogP contribution in [0.3, 0.4) is 0 Å². The van der Waals surface area contributed by atoms with Crippen molar-refractivity contribution in [3.05, 3.63) is 36.4 Å². The average Bonchev–Trinajstić information content (AvgIpc) is 2.32. The molecule has 1 aromatic rings. The molecule has 1 unspecified atom stereocenters. The molecule has 4 heteroatoms. The van der Waals surface area contributed by atoms with Crippen LogP contribution >= 0.6 is 11.8 Å². The highest BCUT2D eigenvalue weighted by Crippen LogP contribution is 2.36. The molecule has 1 aliphatic heterocycles. The quantitative estimate of drug-likeness (QED) is 0.836. The van der Waals surface area contributed by atoms with Crippen LogP contribution in [0.2, 0.25) is 0 Å². The zero-order chi connectivity index (χ0) is 12.4. The van der Waals surface area contributed by atoms with E-state index in [1.165, 1.54) is 11.8 Å². The molecule has 1 amide bonds. The molecular weight excluding hydrogens is 234 g/mol. The topological polar surface area (TPSA) is 40.5 Å². The van der Waals surface area contributed by atoms with Crippen molar-refractivity contribution in [3.63, 3.8) is 0 Å². The van der Waals surface area contributed by atoms with Crippen LogP contribution in [0.25, 0.3) is 0 Å². The molecule has 2 rings (SSSR count). The van der Waals surface area contributed by atoms with Crippen molar-refractivity contribution in [2.24, 2.45) is 0 Å². The first-order valence-electron chi connectivity index (χ1n) is 5.49. The highest BCUT2D eigenvalue weighted by molar-refractivity contribution is 8.00. The first-order chi connectivity index (χ1) is 8.13. The summed E-state index contributed by atoms with van der Waals surface area (Å²) in [6.45, 7) is 5.90. The van der Waals surface area contributed by atoms with Gasteiger partial charge in [-0.3, -0.25) is 4.79 Å². The Kier molecular flexibility index (Phi) is 3.54. The molecule has 1 aromatic carbocycles. The van der Waals surface area contributed by atoms with E-state index in [1.54, 1.807) is 17.9 Å². The molecule has 1 N–H and O–H groups in total. The largest absolute Gasteiger partial charge is 0.389 e. The molecule has 0 saturated heterocycles. The molecule has 1 aliphatic rings. The number of anilines is 1. The van der Waals surface area contributed by atoms with Gasteiger partial charge in [0.05, 0.1) is 17.5 Å². The number of carbonyl (C=O) groups excluding carboxylic acids is 1. The summed E-state index contributed by atoms with van der Waals surface area (Å²) >= 11 is 1.54. The lowest BCUT2D eigenvalue weighted by Crippen LogP contribution is -2.35. The fourth-order valence-corrected chi connectivity index (χ4v) is 2.72. The van der Waals surface area contributed by atoms with E-state index < -0.39 is 6.10 Å². The van der Waals surface area contributed by atoms with Crippen molar-refractivity contribution in [1.82, 2.24) is 0 Å². The number of amides is 1. The van der Waals surface area contributed by atoms with Crippen molar-refractivity contribution in [2.45, 2.75) is 17.9 Å². The molecular formula is C13H15NO2S. The van der Waals surface area contributed by atoms with E-state index in [-0.39, 0.29) is 5.91 Å². The number of aliphatic hydroxyl groups excluding tert-OH is 1. The lowest BCUT2D eigenvalue weighted by atomic mass is 10.1. The summed E-state index contributed by atoms with van der Waals surface area (Å²) in [4.78, 5) is 14.6. The third kappa shape index (κ3) is 2.37. The van der Waals surface area contributed by atoms with Gasteiger partial charge >= 0.3 is 0 Å². The second kappa shape index (κ2) is 4.94. The van der Waals surface area contributed by atoms with Crippen LogP contribution in [0, 0.1) is 0 Å². The average molecular weight is 249 g/mol. The number of rotatable bonds is 3. The van der Waals surface area contributed by atoms with Crippen molar-refractivity contribution in [2.75, 3.05) is 17.2 Å². The summed E-state index contributed by atoms with van der Waals surface area (Å²) < 4.78 is 0. The smallest absolute Gasteiger partial charge is 0.237 e. The SMILES string of the molecule is C=CCN1C(=O)CSc2ccc(C(C)O)cc21. The molecule has 0 spiro atoms. The van der Waals surface area contributed by atoms with Gasteiger partial charge in [-0.1, -0.05) is 12.1 Å². The summed E-state index contributed by atoms with van der Waals surface area (Å²) in [5, 5.41) is 9.58. The van der Waals surface area contributed by atoms with E-state index >= 15 is 0 Å². The number of benzene rings is 1. The van der Waals surface area contributed by atoms with Crippen LogP contribution in [0.5, 0.6) is 0 Å². The number of fused-ring (bicyclic) bond motifs is 1. The minimum atomic E-state index is -0.520. The Labute approximate surface area is 105 Å². The van der Waals surface area contributed by atoms with E-state index in [0.717, 1.165) is 16.1 Å². The fraction of sp³-hybridized carbons (Fsp3) is 0.308. The first kappa shape index (κ1) is 12.2. The summed E-state index contributed by atoms with van der Waals surface area (Å²) in [6.07, 6.45) is 1.19. The van der Waals surface area contributed by atoms with E-state index in [4.69, 9.17) is 0 Å². The molecule has 1 atom stereocenters. The van der Waals surface area contributed by atoms with E-state index in [2.05, 4.69) is 6.58 Å². The van der Waals surface area contributed by atoms with Gasteiger partial charge in [-0.2, -0.15) is 0 Å². The Morgan fingerprint density at radius 3 is 3.06 bits per heavy atom. The Morgan fingerprint density at radius 1 is 1.65 bits per heavy atom. The maximum Gasteiger partial charge on any atom is 0.237 e. The third-order valence-electron chi connectivity index (χ3n) is 2.72. The fourth-order valence-electron chi connectivity index (χ4n) is 1.81. The third-order valence-corrected chi connectivity index (χ3v) is 3.77. The molecule has 90 valence electrons. The number of nitrogens with zero attached hydrogens (tertiary/aromatic N) is 1. The second-order valence-corrected chi connectivity index (χ2v) is 5.00. The summed E-state index contributed by atoms with van der Waals surface area (Å²) in [7, 11) is 0. The van der Waals surface area contributed by atoms with Gasteiger partial charge in [0.2, 0.25) is 5.91 Å². The maximum atomic E-state index is 11.8. The standard InChI is InChI=1S/C13H15NO2S/c1-3-6-14-11-7-10(9(2)15)4-5-12(11)17-8-13(14)16/h3-5,7,9,15H,1,6,8H2,2H3. The van der Waals surface area contributed by atoms with Crippen LogP contribution in [0.15, 0.2) is 35.7 Å². The Bertz CT molecular complexity index is 457. The van der Waals surface area contributed by atoms with Gasteiger partial charge in [-0.15, -0.1) is 18.3 Å². The van der Waals surface area contributed by atoms with E-state index in [0.29, 0.717) is 12.3 Å². The zero-order valence-corrected chi connectivity index (χ0v) is 10.5.